The Morgan fingerprint density at radius 3 is 2.30 bits per heavy atom. The Morgan fingerprint density at radius 2 is 1.59 bits per heavy atom. The highest BCUT2D eigenvalue weighted by molar-refractivity contribution is 7.99. The van der Waals surface area contributed by atoms with Gasteiger partial charge in [-0.05, 0) is 55.5 Å². The number of aryl methyl sites for hydroxylation is 1. The predicted octanol–water partition coefficient (Wildman–Crippen LogP) is 4.74. The molecule has 1 aliphatic rings. The summed E-state index contributed by atoms with van der Waals surface area (Å²) >= 11 is 1.20. The van der Waals surface area contributed by atoms with Crippen molar-refractivity contribution in [1.29, 1.82) is 0 Å². The second-order valence-electron chi connectivity index (χ2n) is 8.77. The van der Waals surface area contributed by atoms with Gasteiger partial charge in [0.25, 0.3) is 11.1 Å². The van der Waals surface area contributed by atoms with E-state index in [9.17, 15) is 9.59 Å². The molecule has 2 amide bonds. The maximum absolute atomic E-state index is 12.8. The van der Waals surface area contributed by atoms with Gasteiger partial charge in [-0.15, -0.1) is 10.2 Å². The molecule has 1 aromatic heterocycles. The summed E-state index contributed by atoms with van der Waals surface area (Å²) in [5.41, 5.74) is 4.50. The number of hydrogen-bond donors (Lipinski definition) is 1. The molecule has 0 atom stereocenters. The molecule has 0 bridgehead atoms. The molecule has 1 saturated heterocycles. The Balaban J connectivity index is 1.08. The first-order valence-electron chi connectivity index (χ1n) is 12.1. The highest BCUT2D eigenvalue weighted by Gasteiger charge is 2.22. The lowest BCUT2D eigenvalue weighted by atomic mass is 10.1. The first-order chi connectivity index (χ1) is 18.0. The second kappa shape index (κ2) is 11.3. The molecule has 0 aliphatic carbocycles. The Labute approximate surface area is 219 Å². The van der Waals surface area contributed by atoms with E-state index in [0.717, 1.165) is 41.2 Å². The lowest BCUT2D eigenvalue weighted by Gasteiger charge is -2.36. The van der Waals surface area contributed by atoms with Gasteiger partial charge in [-0.2, -0.15) is 0 Å². The van der Waals surface area contributed by atoms with Crippen LogP contribution in [0.1, 0.15) is 15.9 Å². The first-order valence-corrected chi connectivity index (χ1v) is 13.1. The van der Waals surface area contributed by atoms with Crippen LogP contribution in [0.25, 0.3) is 11.5 Å². The molecule has 0 unspecified atom stereocenters. The van der Waals surface area contributed by atoms with E-state index in [1.54, 1.807) is 0 Å². The van der Waals surface area contributed by atoms with Crippen LogP contribution in [0.15, 0.2) is 88.5 Å². The van der Waals surface area contributed by atoms with E-state index in [1.165, 1.54) is 11.8 Å². The van der Waals surface area contributed by atoms with Gasteiger partial charge in [0.05, 0.1) is 5.75 Å². The number of carbonyl (C=O) groups is 2. The Kier molecular flexibility index (Phi) is 7.51. The third-order valence-corrected chi connectivity index (χ3v) is 6.95. The molecule has 37 heavy (non-hydrogen) atoms. The molecule has 4 aromatic rings. The van der Waals surface area contributed by atoms with Crippen molar-refractivity contribution in [2.24, 2.45) is 0 Å². The van der Waals surface area contributed by atoms with Gasteiger partial charge in [0, 0.05) is 48.7 Å². The number of amides is 2. The number of hydrogen-bond acceptors (Lipinski definition) is 7. The molecule has 8 nitrogen and oxygen atoms in total. The summed E-state index contributed by atoms with van der Waals surface area (Å²) < 4.78 is 5.64. The van der Waals surface area contributed by atoms with Crippen molar-refractivity contribution >= 4 is 35.0 Å². The summed E-state index contributed by atoms with van der Waals surface area (Å²) in [7, 11) is 0. The minimum atomic E-state index is -0.152. The van der Waals surface area contributed by atoms with Gasteiger partial charge in [-0.1, -0.05) is 47.7 Å². The average Bonchev–Trinajstić information content (AvgIpc) is 3.42. The van der Waals surface area contributed by atoms with Gasteiger partial charge < -0.3 is 19.5 Å². The van der Waals surface area contributed by atoms with Gasteiger partial charge in [-0.25, -0.2) is 0 Å². The molecule has 1 fully saturated rings. The van der Waals surface area contributed by atoms with E-state index in [4.69, 9.17) is 4.42 Å². The summed E-state index contributed by atoms with van der Waals surface area (Å²) in [5.74, 6) is 0.516. The number of carbonyl (C=O) groups excluding carboxylic acids is 2. The fourth-order valence-electron chi connectivity index (χ4n) is 4.09. The Bertz CT molecular complexity index is 1350. The smallest absolute Gasteiger partial charge is 0.277 e. The maximum Gasteiger partial charge on any atom is 0.277 e. The minimum absolute atomic E-state index is 0.0763. The lowest BCUT2D eigenvalue weighted by molar-refractivity contribution is -0.113. The topological polar surface area (TPSA) is 91.6 Å². The lowest BCUT2D eigenvalue weighted by Crippen LogP contribution is -2.48. The standard InChI is InChI=1S/C28H27N5O3S/c1-20-7-9-22(10-8-20)27(35)33-17-15-32(16-18-33)24-13-11-23(12-14-24)29-25(34)19-37-28-31-30-26(36-28)21-5-3-2-4-6-21/h2-14H,15-19H2,1H3,(H,29,34). The third kappa shape index (κ3) is 6.18. The molecule has 0 saturated carbocycles. The van der Waals surface area contributed by atoms with Crippen molar-refractivity contribution < 1.29 is 14.0 Å². The number of nitrogens with zero attached hydrogens (tertiary/aromatic N) is 4. The van der Waals surface area contributed by atoms with Gasteiger partial charge in [0.15, 0.2) is 0 Å². The van der Waals surface area contributed by atoms with Crippen molar-refractivity contribution in [1.82, 2.24) is 15.1 Å². The SMILES string of the molecule is Cc1ccc(C(=O)N2CCN(c3ccc(NC(=O)CSc4nnc(-c5ccccc5)o4)cc3)CC2)cc1. The average molecular weight is 514 g/mol. The predicted molar refractivity (Wildman–Crippen MR) is 145 cm³/mol. The molecule has 188 valence electrons. The summed E-state index contributed by atoms with van der Waals surface area (Å²) in [5, 5.41) is 11.3. The van der Waals surface area contributed by atoms with Crippen molar-refractivity contribution in [3.8, 4) is 11.5 Å². The van der Waals surface area contributed by atoms with Crippen LogP contribution in [0.5, 0.6) is 0 Å². The number of piperazine rings is 1. The van der Waals surface area contributed by atoms with Gasteiger partial charge in [-0.3, -0.25) is 9.59 Å². The van der Waals surface area contributed by atoms with E-state index in [0.29, 0.717) is 24.2 Å². The van der Waals surface area contributed by atoms with Crippen LogP contribution in [-0.2, 0) is 4.79 Å². The molecule has 5 rings (SSSR count). The van der Waals surface area contributed by atoms with E-state index >= 15 is 0 Å². The fraction of sp³-hybridized carbons (Fsp3) is 0.214. The van der Waals surface area contributed by atoms with Crippen LogP contribution in [0.3, 0.4) is 0 Å². The maximum atomic E-state index is 12.8. The third-order valence-electron chi connectivity index (χ3n) is 6.14. The second-order valence-corrected chi connectivity index (χ2v) is 9.69. The highest BCUT2D eigenvalue weighted by Crippen LogP contribution is 2.24. The molecule has 2 heterocycles. The van der Waals surface area contributed by atoms with Crippen LogP contribution in [0.4, 0.5) is 11.4 Å². The molecule has 3 aromatic carbocycles. The molecule has 1 N–H and O–H groups in total. The molecule has 0 radical (unpaired) electrons. The summed E-state index contributed by atoms with van der Waals surface area (Å²) in [6, 6.07) is 25.0. The number of aromatic nitrogens is 2. The summed E-state index contributed by atoms with van der Waals surface area (Å²) in [4.78, 5) is 29.3. The number of nitrogens with one attached hydrogen (secondary N) is 1. The number of rotatable bonds is 7. The van der Waals surface area contributed by atoms with Crippen LogP contribution >= 0.6 is 11.8 Å². The molecule has 0 spiro atoms. The summed E-state index contributed by atoms with van der Waals surface area (Å²) in [6.07, 6.45) is 0. The number of thioether (sulfide) groups is 1. The molecular weight excluding hydrogens is 486 g/mol. The molecule has 9 heteroatoms. The first kappa shape index (κ1) is 24.6. The Hall–Kier alpha value is -4.11. The normalized spacial score (nSPS) is 13.4. The zero-order valence-electron chi connectivity index (χ0n) is 20.5. The number of anilines is 2. The van der Waals surface area contributed by atoms with Crippen molar-refractivity contribution in [3.05, 3.63) is 90.0 Å². The van der Waals surface area contributed by atoms with Crippen LogP contribution in [0.2, 0.25) is 0 Å². The molecule has 1 aliphatic heterocycles. The zero-order valence-corrected chi connectivity index (χ0v) is 21.3. The largest absolute Gasteiger partial charge is 0.411 e. The van der Waals surface area contributed by atoms with Crippen molar-refractivity contribution in [2.45, 2.75) is 12.1 Å². The van der Waals surface area contributed by atoms with E-state index < -0.39 is 0 Å². The van der Waals surface area contributed by atoms with Gasteiger partial charge >= 0.3 is 0 Å². The van der Waals surface area contributed by atoms with Crippen LogP contribution in [0, 0.1) is 6.92 Å². The van der Waals surface area contributed by atoms with Crippen LogP contribution < -0.4 is 10.2 Å². The quantitative estimate of drug-likeness (QED) is 0.357. The monoisotopic (exact) mass is 513 g/mol. The summed E-state index contributed by atoms with van der Waals surface area (Å²) in [6.45, 7) is 4.87. The van der Waals surface area contributed by atoms with E-state index in [2.05, 4.69) is 20.4 Å². The van der Waals surface area contributed by atoms with Crippen molar-refractivity contribution in [2.75, 3.05) is 42.1 Å². The van der Waals surface area contributed by atoms with Crippen molar-refractivity contribution in [3.63, 3.8) is 0 Å². The minimum Gasteiger partial charge on any atom is -0.411 e. The fourth-order valence-corrected chi connectivity index (χ4v) is 4.66. The van der Waals surface area contributed by atoms with Crippen LogP contribution in [-0.4, -0.2) is 58.8 Å². The van der Waals surface area contributed by atoms with E-state index in [1.807, 2.05) is 90.7 Å². The van der Waals surface area contributed by atoms with E-state index in [-0.39, 0.29) is 17.6 Å². The Morgan fingerprint density at radius 1 is 0.892 bits per heavy atom. The zero-order chi connectivity index (χ0) is 25.6. The number of benzene rings is 3. The van der Waals surface area contributed by atoms with Gasteiger partial charge in [0.2, 0.25) is 11.8 Å². The van der Waals surface area contributed by atoms with Gasteiger partial charge in [0.1, 0.15) is 0 Å². The molecular formula is C28H27N5O3S. The highest BCUT2D eigenvalue weighted by atomic mass is 32.2.